The van der Waals surface area contributed by atoms with Crippen molar-refractivity contribution >= 4 is 20.7 Å². The van der Waals surface area contributed by atoms with Gasteiger partial charge in [-0.25, -0.2) is 8.42 Å². The maximum absolute atomic E-state index is 11.2. The summed E-state index contributed by atoms with van der Waals surface area (Å²) in [5.74, 6) is 0. The van der Waals surface area contributed by atoms with Crippen LogP contribution in [0.5, 0.6) is 0 Å². The fourth-order valence-corrected chi connectivity index (χ4v) is 2.41. The first-order valence-corrected chi connectivity index (χ1v) is 7.21. The molecule has 1 aromatic rings. The number of thiol groups is 1. The van der Waals surface area contributed by atoms with E-state index in [9.17, 15) is 8.42 Å². The van der Waals surface area contributed by atoms with Gasteiger partial charge in [0.05, 0.1) is 0 Å². The summed E-state index contributed by atoms with van der Waals surface area (Å²) in [5, 5.41) is 0. The minimum atomic E-state index is -3.40. The first-order valence-electron chi connectivity index (χ1n) is 4.71. The second-order valence-electron chi connectivity index (χ2n) is 3.39. The fraction of sp³-hybridized carbons (Fsp3) is 0.400. The number of rotatable bonds is 4. The second-order valence-corrected chi connectivity index (χ2v) is 6.19. The Labute approximate surface area is 96.0 Å². The summed E-state index contributed by atoms with van der Waals surface area (Å²) in [5.41, 5.74) is 2.13. The maximum atomic E-state index is 11.2. The molecule has 0 spiro atoms. The Balaban J connectivity index is 2.80. The van der Waals surface area contributed by atoms with Crippen LogP contribution in [0.3, 0.4) is 0 Å². The van der Waals surface area contributed by atoms with Gasteiger partial charge in [-0.2, -0.15) is 4.31 Å². The highest BCUT2D eigenvalue weighted by Crippen LogP contribution is 2.12. The number of hydrogen-bond donors (Lipinski definition) is 1. The number of hydrogen-bond acceptors (Lipinski definition) is 2. The first-order chi connectivity index (χ1) is 6.93. The monoisotopic (exact) mass is 245 g/mol. The number of aryl methyl sites for hydroxylation is 1. The third kappa shape index (κ3) is 3.85. The lowest BCUT2D eigenvalue weighted by molar-refractivity contribution is 0.436. The molecule has 0 atom stereocenters. The lowest BCUT2D eigenvalue weighted by Gasteiger charge is -2.16. The van der Waals surface area contributed by atoms with Crippen LogP contribution in [-0.4, -0.2) is 19.3 Å². The summed E-state index contributed by atoms with van der Waals surface area (Å²) >= 11 is 3.58. The van der Waals surface area contributed by atoms with E-state index in [1.807, 2.05) is 31.2 Å². The molecule has 1 rings (SSSR count). The van der Waals surface area contributed by atoms with Gasteiger partial charge in [0.2, 0.25) is 0 Å². The average Bonchev–Trinajstić information content (AvgIpc) is 2.15. The van der Waals surface area contributed by atoms with E-state index in [0.29, 0.717) is 13.1 Å². The molecule has 3 nitrogen and oxygen atoms in total. The van der Waals surface area contributed by atoms with E-state index in [1.54, 1.807) is 6.92 Å². The van der Waals surface area contributed by atoms with Crippen LogP contribution in [0.15, 0.2) is 24.3 Å². The molecule has 0 heterocycles. The standard InChI is InChI=1S/C10H15NO2S2/c1-3-11(15(12,13)14)8-10-6-4-9(2)5-7-10/h4-7H,3,8H2,1-2H3,(H,12,13,14). The lowest BCUT2D eigenvalue weighted by Crippen LogP contribution is -2.26. The largest absolute Gasteiger partial charge is 0.264 e. The normalized spacial score (nSPS) is 12.0. The van der Waals surface area contributed by atoms with E-state index in [2.05, 4.69) is 11.7 Å². The van der Waals surface area contributed by atoms with Crippen molar-refractivity contribution in [1.29, 1.82) is 0 Å². The van der Waals surface area contributed by atoms with Crippen molar-refractivity contribution < 1.29 is 8.42 Å². The van der Waals surface area contributed by atoms with Crippen LogP contribution in [0.2, 0.25) is 0 Å². The summed E-state index contributed by atoms with van der Waals surface area (Å²) in [6, 6.07) is 7.79. The predicted octanol–water partition coefficient (Wildman–Crippen LogP) is 1.99. The van der Waals surface area contributed by atoms with Crippen molar-refractivity contribution in [3.8, 4) is 0 Å². The van der Waals surface area contributed by atoms with Crippen molar-refractivity contribution in [1.82, 2.24) is 4.31 Å². The van der Waals surface area contributed by atoms with Crippen LogP contribution >= 0.6 is 11.7 Å². The molecule has 0 unspecified atom stereocenters. The van der Waals surface area contributed by atoms with Gasteiger partial charge in [0.25, 0.3) is 9.06 Å². The molecular weight excluding hydrogens is 230 g/mol. The Morgan fingerprint density at radius 3 is 2.20 bits per heavy atom. The van der Waals surface area contributed by atoms with Crippen LogP contribution in [0.4, 0.5) is 0 Å². The summed E-state index contributed by atoms with van der Waals surface area (Å²) in [4.78, 5) is 0. The zero-order valence-electron chi connectivity index (χ0n) is 8.84. The van der Waals surface area contributed by atoms with Gasteiger partial charge < -0.3 is 0 Å². The summed E-state index contributed by atoms with van der Waals surface area (Å²) in [6.45, 7) is 4.60. The van der Waals surface area contributed by atoms with Gasteiger partial charge in [0, 0.05) is 13.1 Å². The molecule has 0 bridgehead atoms. The summed E-state index contributed by atoms with van der Waals surface area (Å²) in [6.07, 6.45) is 0. The minimum absolute atomic E-state index is 0.378. The highest BCUT2D eigenvalue weighted by atomic mass is 33.1. The Bertz CT molecular complexity index is 412. The molecule has 0 aliphatic carbocycles. The topological polar surface area (TPSA) is 37.4 Å². The minimum Gasteiger partial charge on any atom is -0.201 e. The van der Waals surface area contributed by atoms with Crippen LogP contribution in [-0.2, 0) is 15.6 Å². The lowest BCUT2D eigenvalue weighted by atomic mass is 10.1. The zero-order valence-corrected chi connectivity index (χ0v) is 10.6. The molecule has 0 saturated carbocycles. The molecule has 15 heavy (non-hydrogen) atoms. The Morgan fingerprint density at radius 1 is 1.27 bits per heavy atom. The SMILES string of the molecule is CCN(Cc1ccc(C)cc1)S(=O)(=O)S. The molecule has 0 amide bonds. The molecule has 0 radical (unpaired) electrons. The maximum Gasteiger partial charge on any atom is 0.264 e. The molecule has 0 aliphatic heterocycles. The predicted molar refractivity (Wildman–Crippen MR) is 65.2 cm³/mol. The van der Waals surface area contributed by atoms with Gasteiger partial charge in [-0.3, -0.25) is 0 Å². The second kappa shape index (κ2) is 5.01. The van der Waals surface area contributed by atoms with E-state index in [1.165, 1.54) is 4.31 Å². The molecular formula is C10H15NO2S2. The van der Waals surface area contributed by atoms with Gasteiger partial charge in [0.1, 0.15) is 0 Å². The molecule has 84 valence electrons. The molecule has 0 N–H and O–H groups in total. The third-order valence-corrected chi connectivity index (χ3v) is 3.89. The quantitative estimate of drug-likeness (QED) is 0.650. The number of nitrogens with zero attached hydrogens (tertiary/aromatic N) is 1. The third-order valence-electron chi connectivity index (χ3n) is 2.16. The van der Waals surface area contributed by atoms with Gasteiger partial charge in [0.15, 0.2) is 0 Å². The Kier molecular flexibility index (Phi) is 4.19. The van der Waals surface area contributed by atoms with Crippen LogP contribution in [0.1, 0.15) is 18.1 Å². The van der Waals surface area contributed by atoms with E-state index in [-0.39, 0.29) is 0 Å². The fourth-order valence-electron chi connectivity index (χ4n) is 1.25. The van der Waals surface area contributed by atoms with Crippen LogP contribution in [0, 0.1) is 6.92 Å². The smallest absolute Gasteiger partial charge is 0.201 e. The van der Waals surface area contributed by atoms with Crippen molar-refractivity contribution in [2.24, 2.45) is 0 Å². The summed E-state index contributed by atoms with van der Waals surface area (Å²) in [7, 11) is -3.40. The van der Waals surface area contributed by atoms with Crippen molar-refractivity contribution in [2.75, 3.05) is 6.54 Å². The molecule has 0 aromatic heterocycles. The van der Waals surface area contributed by atoms with Gasteiger partial charge in [-0.05, 0) is 24.1 Å². The molecule has 1 aromatic carbocycles. The molecule has 0 aliphatic rings. The highest BCUT2D eigenvalue weighted by molar-refractivity contribution is 8.62. The van der Waals surface area contributed by atoms with Crippen LogP contribution < -0.4 is 0 Å². The van der Waals surface area contributed by atoms with E-state index < -0.39 is 9.06 Å². The Hall–Kier alpha value is -0.520. The average molecular weight is 245 g/mol. The first kappa shape index (κ1) is 12.5. The van der Waals surface area contributed by atoms with E-state index >= 15 is 0 Å². The van der Waals surface area contributed by atoms with E-state index in [0.717, 1.165) is 11.1 Å². The molecule has 0 fully saturated rings. The van der Waals surface area contributed by atoms with Gasteiger partial charge >= 0.3 is 0 Å². The number of benzene rings is 1. The zero-order chi connectivity index (χ0) is 11.5. The summed E-state index contributed by atoms with van der Waals surface area (Å²) < 4.78 is 23.8. The van der Waals surface area contributed by atoms with Gasteiger partial charge in [-0.15, -0.1) is 0 Å². The molecule has 5 heteroatoms. The van der Waals surface area contributed by atoms with Crippen molar-refractivity contribution in [3.05, 3.63) is 35.4 Å². The van der Waals surface area contributed by atoms with Gasteiger partial charge in [-0.1, -0.05) is 36.8 Å². The van der Waals surface area contributed by atoms with E-state index in [4.69, 9.17) is 0 Å². The van der Waals surface area contributed by atoms with Crippen molar-refractivity contribution in [3.63, 3.8) is 0 Å². The van der Waals surface area contributed by atoms with Crippen LogP contribution in [0.25, 0.3) is 0 Å². The van der Waals surface area contributed by atoms with Crippen molar-refractivity contribution in [2.45, 2.75) is 20.4 Å². The Morgan fingerprint density at radius 2 is 1.80 bits per heavy atom. The molecule has 0 saturated heterocycles. The highest BCUT2D eigenvalue weighted by Gasteiger charge is 2.15.